The Morgan fingerprint density at radius 1 is 1.14 bits per heavy atom. The van der Waals surface area contributed by atoms with Crippen LogP contribution in [0.4, 0.5) is 0 Å². The van der Waals surface area contributed by atoms with Crippen LogP contribution >= 0.6 is 11.6 Å². The van der Waals surface area contributed by atoms with E-state index >= 15 is 0 Å². The summed E-state index contributed by atoms with van der Waals surface area (Å²) in [6.07, 6.45) is 3.73. The molecule has 6 nitrogen and oxygen atoms in total. The Hall–Kier alpha value is -2.70. The molecule has 1 N–H and O–H groups in total. The number of carbonyl (C=O) groups is 1. The van der Waals surface area contributed by atoms with Crippen LogP contribution in [0.15, 0.2) is 53.1 Å². The molecule has 2 aromatic carbocycles. The Kier molecular flexibility index (Phi) is 8.24. The van der Waals surface area contributed by atoms with E-state index in [1.54, 1.807) is 0 Å². The summed E-state index contributed by atoms with van der Waals surface area (Å²) >= 11 is 5.94. The van der Waals surface area contributed by atoms with Gasteiger partial charge < -0.3 is 9.84 Å². The monoisotopic (exact) mass is 494 g/mol. The van der Waals surface area contributed by atoms with E-state index < -0.39 is 0 Å². The average molecular weight is 495 g/mol. The molecule has 1 unspecified atom stereocenters. The van der Waals surface area contributed by atoms with Crippen molar-refractivity contribution in [3.63, 3.8) is 0 Å². The molecule has 1 aromatic heterocycles. The zero-order valence-electron chi connectivity index (χ0n) is 20.9. The Morgan fingerprint density at radius 2 is 1.89 bits per heavy atom. The molecule has 186 valence electrons. The summed E-state index contributed by atoms with van der Waals surface area (Å²) in [5.41, 5.74) is 3.56. The molecule has 35 heavy (non-hydrogen) atoms. The molecule has 1 amide bonds. The van der Waals surface area contributed by atoms with Crippen molar-refractivity contribution < 1.29 is 9.32 Å². The maximum atomic E-state index is 12.7. The fraction of sp³-hybridized carbons (Fsp3) is 0.464. The second-order valence-electron chi connectivity index (χ2n) is 10.4. The van der Waals surface area contributed by atoms with E-state index in [9.17, 15) is 4.79 Å². The van der Waals surface area contributed by atoms with Gasteiger partial charge >= 0.3 is 0 Å². The number of likely N-dealkylation sites (tertiary alicyclic amines) is 1. The van der Waals surface area contributed by atoms with E-state index in [1.165, 1.54) is 11.1 Å². The Balaban J connectivity index is 1.24. The molecule has 1 saturated heterocycles. The fourth-order valence-corrected chi connectivity index (χ4v) is 4.59. The molecule has 1 aliphatic heterocycles. The van der Waals surface area contributed by atoms with Crippen molar-refractivity contribution in [2.75, 3.05) is 19.6 Å². The highest BCUT2D eigenvalue weighted by molar-refractivity contribution is 6.30. The van der Waals surface area contributed by atoms with Gasteiger partial charge in [0.25, 0.3) is 0 Å². The quantitative estimate of drug-likeness (QED) is 0.410. The Bertz CT molecular complexity index is 1100. The lowest BCUT2D eigenvalue weighted by atomic mass is 9.87. The molecule has 0 saturated carbocycles. The highest BCUT2D eigenvalue weighted by Crippen LogP contribution is 2.25. The van der Waals surface area contributed by atoms with Crippen LogP contribution < -0.4 is 5.32 Å². The second-order valence-corrected chi connectivity index (χ2v) is 10.9. The van der Waals surface area contributed by atoms with Crippen molar-refractivity contribution >= 4 is 17.5 Å². The number of halogens is 1. The van der Waals surface area contributed by atoms with Crippen molar-refractivity contribution in [1.29, 1.82) is 0 Å². The van der Waals surface area contributed by atoms with Gasteiger partial charge in [-0.15, -0.1) is 0 Å². The summed E-state index contributed by atoms with van der Waals surface area (Å²) in [7, 11) is 0. The summed E-state index contributed by atoms with van der Waals surface area (Å²) in [4.78, 5) is 19.6. The lowest BCUT2D eigenvalue weighted by Crippen LogP contribution is -2.43. The normalized spacial score (nSPS) is 16.9. The van der Waals surface area contributed by atoms with Crippen molar-refractivity contribution in [3.8, 4) is 11.4 Å². The summed E-state index contributed by atoms with van der Waals surface area (Å²) in [5, 5.41) is 8.04. The lowest BCUT2D eigenvalue weighted by Gasteiger charge is -2.30. The maximum Gasteiger partial charge on any atom is 0.241 e. The first-order chi connectivity index (χ1) is 16.8. The van der Waals surface area contributed by atoms with Gasteiger partial charge in [0.2, 0.25) is 17.6 Å². The van der Waals surface area contributed by atoms with Crippen molar-refractivity contribution in [2.24, 2.45) is 5.92 Å². The Morgan fingerprint density at radius 3 is 2.60 bits per heavy atom. The van der Waals surface area contributed by atoms with Gasteiger partial charge in [-0.3, -0.25) is 9.69 Å². The SMILES string of the molecule is CC(C)(C)c1ccc(-c2noc(CN3CCCC(C(=O)NCCCc4ccc(Cl)cc4)C3)n2)cc1. The van der Waals surface area contributed by atoms with Crippen LogP contribution in [0, 0.1) is 5.92 Å². The first kappa shape index (κ1) is 25.4. The van der Waals surface area contributed by atoms with E-state index in [0.717, 1.165) is 42.8 Å². The zero-order chi connectivity index (χ0) is 24.8. The topological polar surface area (TPSA) is 71.3 Å². The molecule has 4 rings (SSSR count). The minimum Gasteiger partial charge on any atom is -0.356 e. The number of carbonyl (C=O) groups excluding carboxylic acids is 1. The number of hydrogen-bond acceptors (Lipinski definition) is 5. The predicted octanol–water partition coefficient (Wildman–Crippen LogP) is 5.65. The van der Waals surface area contributed by atoms with Gasteiger partial charge in [-0.05, 0) is 60.9 Å². The zero-order valence-corrected chi connectivity index (χ0v) is 21.6. The molecule has 0 spiro atoms. The summed E-state index contributed by atoms with van der Waals surface area (Å²) in [6.45, 7) is 9.47. The molecule has 7 heteroatoms. The smallest absolute Gasteiger partial charge is 0.241 e. The minimum atomic E-state index is -0.00776. The number of nitrogens with one attached hydrogen (secondary N) is 1. The highest BCUT2D eigenvalue weighted by atomic mass is 35.5. The number of amides is 1. The van der Waals surface area contributed by atoms with Gasteiger partial charge in [-0.25, -0.2) is 0 Å². The highest BCUT2D eigenvalue weighted by Gasteiger charge is 2.26. The predicted molar refractivity (Wildman–Crippen MR) is 139 cm³/mol. The van der Waals surface area contributed by atoms with Gasteiger partial charge in [0.05, 0.1) is 12.5 Å². The van der Waals surface area contributed by atoms with Crippen LogP contribution in [-0.4, -0.2) is 40.6 Å². The third-order valence-electron chi connectivity index (χ3n) is 6.57. The lowest BCUT2D eigenvalue weighted by molar-refractivity contribution is -0.126. The molecule has 0 aliphatic carbocycles. The summed E-state index contributed by atoms with van der Waals surface area (Å²) < 4.78 is 5.53. The standard InChI is InChI=1S/C28H35ClN4O2/c1-28(2,3)23-12-10-21(11-13-23)26-31-25(35-32-26)19-33-17-5-7-22(18-33)27(34)30-16-4-6-20-8-14-24(29)15-9-20/h8-15,22H,4-7,16-19H2,1-3H3,(H,30,34). The van der Waals surface area contributed by atoms with Gasteiger partial charge in [0, 0.05) is 23.7 Å². The fourth-order valence-electron chi connectivity index (χ4n) is 4.46. The number of piperidine rings is 1. The molecule has 2 heterocycles. The van der Waals surface area contributed by atoms with E-state index in [-0.39, 0.29) is 17.2 Å². The minimum absolute atomic E-state index is 0.00776. The maximum absolute atomic E-state index is 12.7. The van der Waals surface area contributed by atoms with Crippen LogP contribution in [0.2, 0.25) is 5.02 Å². The number of nitrogens with zero attached hydrogens (tertiary/aromatic N) is 3. The van der Waals surface area contributed by atoms with Crippen molar-refractivity contribution in [2.45, 2.75) is 58.4 Å². The van der Waals surface area contributed by atoms with Gasteiger partial charge in [-0.2, -0.15) is 4.98 Å². The van der Waals surface area contributed by atoms with Gasteiger partial charge in [0.1, 0.15) is 0 Å². The molecular formula is C28H35ClN4O2. The number of aryl methyl sites for hydroxylation is 1. The molecule has 3 aromatic rings. The third-order valence-corrected chi connectivity index (χ3v) is 6.82. The molecular weight excluding hydrogens is 460 g/mol. The first-order valence-corrected chi connectivity index (χ1v) is 12.8. The van der Waals surface area contributed by atoms with E-state index in [1.807, 2.05) is 36.4 Å². The number of benzene rings is 2. The van der Waals surface area contributed by atoms with Crippen LogP contribution in [0.3, 0.4) is 0 Å². The Labute approximate surface area is 213 Å². The number of aromatic nitrogens is 2. The van der Waals surface area contributed by atoms with Crippen LogP contribution in [-0.2, 0) is 23.2 Å². The molecule has 1 atom stereocenters. The van der Waals surface area contributed by atoms with E-state index in [2.05, 4.69) is 53.3 Å². The summed E-state index contributed by atoms with van der Waals surface area (Å²) in [6, 6.07) is 16.2. The number of hydrogen-bond donors (Lipinski definition) is 1. The largest absolute Gasteiger partial charge is 0.356 e. The summed E-state index contributed by atoms with van der Waals surface area (Å²) in [5.74, 6) is 1.32. The molecule has 0 bridgehead atoms. The van der Waals surface area contributed by atoms with Crippen LogP contribution in [0.5, 0.6) is 0 Å². The second kappa shape index (κ2) is 11.4. The molecule has 1 fully saturated rings. The molecule has 0 radical (unpaired) electrons. The van der Waals surface area contributed by atoms with E-state index in [4.69, 9.17) is 16.1 Å². The van der Waals surface area contributed by atoms with Crippen molar-refractivity contribution in [1.82, 2.24) is 20.4 Å². The van der Waals surface area contributed by atoms with E-state index in [0.29, 0.717) is 31.3 Å². The van der Waals surface area contributed by atoms with Crippen molar-refractivity contribution in [3.05, 3.63) is 70.6 Å². The van der Waals surface area contributed by atoms with Gasteiger partial charge in [0.15, 0.2) is 0 Å². The van der Waals surface area contributed by atoms with Gasteiger partial charge in [-0.1, -0.05) is 73.9 Å². The van der Waals surface area contributed by atoms with Crippen LogP contribution in [0.1, 0.15) is 57.1 Å². The average Bonchev–Trinajstić information content (AvgIpc) is 3.31. The first-order valence-electron chi connectivity index (χ1n) is 12.5. The molecule has 1 aliphatic rings. The third kappa shape index (κ3) is 7.15. The van der Waals surface area contributed by atoms with Crippen LogP contribution in [0.25, 0.3) is 11.4 Å². The number of rotatable bonds is 8.